The van der Waals surface area contributed by atoms with Crippen molar-refractivity contribution in [2.75, 3.05) is 0 Å². The number of nitrogens with one attached hydrogen (secondary N) is 1. The van der Waals surface area contributed by atoms with E-state index in [9.17, 15) is 8.78 Å². The average molecular weight is 222 g/mol. The molecule has 0 fully saturated rings. The minimum Gasteiger partial charge on any atom is -0.282 e. The van der Waals surface area contributed by atoms with Gasteiger partial charge in [0.25, 0.3) is 0 Å². The van der Waals surface area contributed by atoms with E-state index in [0.717, 1.165) is 23.7 Å². The Morgan fingerprint density at radius 3 is 2.69 bits per heavy atom. The number of aromatic amines is 1. The minimum atomic E-state index is -0.817. The van der Waals surface area contributed by atoms with Crippen molar-refractivity contribution in [2.45, 2.75) is 20.3 Å². The lowest BCUT2D eigenvalue weighted by molar-refractivity contribution is 0.503. The number of aryl methyl sites for hydroxylation is 1. The van der Waals surface area contributed by atoms with Crippen LogP contribution < -0.4 is 0 Å². The number of nitrogens with zero attached hydrogens (tertiary/aromatic N) is 1. The van der Waals surface area contributed by atoms with Gasteiger partial charge in [-0.2, -0.15) is 5.10 Å². The zero-order valence-corrected chi connectivity index (χ0v) is 9.14. The van der Waals surface area contributed by atoms with Crippen LogP contribution in [0.3, 0.4) is 0 Å². The molecule has 84 valence electrons. The number of rotatable bonds is 2. The Bertz CT molecular complexity index is 518. The Kier molecular flexibility index (Phi) is 2.73. The third kappa shape index (κ3) is 1.60. The van der Waals surface area contributed by atoms with Gasteiger partial charge in [-0.15, -0.1) is 0 Å². The van der Waals surface area contributed by atoms with Gasteiger partial charge in [0.15, 0.2) is 11.6 Å². The maximum Gasteiger partial charge on any atom is 0.162 e. The second-order valence-electron chi connectivity index (χ2n) is 3.65. The smallest absolute Gasteiger partial charge is 0.162 e. The molecule has 2 nitrogen and oxygen atoms in total. The molecule has 4 heteroatoms. The summed E-state index contributed by atoms with van der Waals surface area (Å²) in [5.74, 6) is -1.61. The van der Waals surface area contributed by atoms with Crippen LogP contribution in [-0.4, -0.2) is 10.2 Å². The summed E-state index contributed by atoms with van der Waals surface area (Å²) in [5, 5.41) is 6.77. The lowest BCUT2D eigenvalue weighted by atomic mass is 10.00. The molecular formula is C12H12F2N2. The van der Waals surface area contributed by atoms with Gasteiger partial charge in [0, 0.05) is 11.3 Å². The molecule has 0 bridgehead atoms. The van der Waals surface area contributed by atoms with Gasteiger partial charge in [-0.1, -0.05) is 13.0 Å². The third-order valence-corrected chi connectivity index (χ3v) is 2.70. The Hall–Kier alpha value is -1.71. The van der Waals surface area contributed by atoms with Gasteiger partial charge in [0.2, 0.25) is 0 Å². The largest absolute Gasteiger partial charge is 0.282 e. The maximum absolute atomic E-state index is 13.4. The quantitative estimate of drug-likeness (QED) is 0.830. The van der Waals surface area contributed by atoms with E-state index in [1.54, 1.807) is 19.2 Å². The van der Waals surface area contributed by atoms with Crippen LogP contribution in [0, 0.1) is 18.6 Å². The van der Waals surface area contributed by atoms with E-state index in [2.05, 4.69) is 10.2 Å². The molecule has 2 rings (SSSR count). The number of hydrogen-bond donors (Lipinski definition) is 1. The van der Waals surface area contributed by atoms with E-state index < -0.39 is 11.6 Å². The topological polar surface area (TPSA) is 28.7 Å². The number of hydrogen-bond acceptors (Lipinski definition) is 1. The lowest BCUT2D eigenvalue weighted by Gasteiger charge is -2.07. The molecular weight excluding hydrogens is 210 g/mol. The molecule has 16 heavy (non-hydrogen) atoms. The first kappa shape index (κ1) is 10.8. The minimum absolute atomic E-state index is 0.316. The highest BCUT2D eigenvalue weighted by atomic mass is 19.2. The zero-order valence-electron chi connectivity index (χ0n) is 9.14. The molecule has 1 aromatic heterocycles. The number of aromatic nitrogens is 2. The van der Waals surface area contributed by atoms with Crippen LogP contribution in [0.2, 0.25) is 0 Å². The molecule has 0 aliphatic rings. The van der Waals surface area contributed by atoms with Crippen molar-refractivity contribution in [3.05, 3.63) is 41.2 Å². The fourth-order valence-electron chi connectivity index (χ4n) is 1.76. The summed E-state index contributed by atoms with van der Waals surface area (Å²) in [6, 6.07) is 2.72. The second-order valence-corrected chi connectivity index (χ2v) is 3.65. The van der Waals surface area contributed by atoms with Crippen molar-refractivity contribution < 1.29 is 8.78 Å². The van der Waals surface area contributed by atoms with E-state index in [0.29, 0.717) is 11.1 Å². The van der Waals surface area contributed by atoms with E-state index in [1.807, 2.05) is 6.92 Å². The molecule has 0 unspecified atom stereocenters. The standard InChI is InChI=1S/C12H12F2N2/c1-3-11-9(6-15-16-11)8-4-5-10(13)12(14)7(8)2/h4-6H,3H2,1-2H3,(H,15,16). The molecule has 0 saturated carbocycles. The Morgan fingerprint density at radius 1 is 1.25 bits per heavy atom. The Morgan fingerprint density at radius 2 is 2.00 bits per heavy atom. The first-order valence-corrected chi connectivity index (χ1v) is 5.12. The summed E-state index contributed by atoms with van der Waals surface area (Å²) < 4.78 is 26.4. The van der Waals surface area contributed by atoms with Gasteiger partial charge < -0.3 is 0 Å². The van der Waals surface area contributed by atoms with Crippen LogP contribution in [0.4, 0.5) is 8.78 Å². The summed E-state index contributed by atoms with van der Waals surface area (Å²) in [4.78, 5) is 0. The number of halogens is 2. The van der Waals surface area contributed by atoms with Crippen molar-refractivity contribution >= 4 is 0 Å². The lowest BCUT2D eigenvalue weighted by Crippen LogP contribution is -1.94. The van der Waals surface area contributed by atoms with Gasteiger partial charge in [0.05, 0.1) is 6.20 Å². The summed E-state index contributed by atoms with van der Waals surface area (Å²) >= 11 is 0. The molecule has 2 aromatic rings. The van der Waals surface area contributed by atoms with E-state index >= 15 is 0 Å². The van der Waals surface area contributed by atoms with Crippen molar-refractivity contribution in [3.8, 4) is 11.1 Å². The van der Waals surface area contributed by atoms with Crippen molar-refractivity contribution in [1.29, 1.82) is 0 Å². The SMILES string of the molecule is CCc1[nH]ncc1-c1ccc(F)c(F)c1C. The average Bonchev–Trinajstić information content (AvgIpc) is 2.74. The molecule has 0 atom stereocenters. The van der Waals surface area contributed by atoms with E-state index in [4.69, 9.17) is 0 Å². The van der Waals surface area contributed by atoms with Crippen molar-refractivity contribution in [3.63, 3.8) is 0 Å². The molecule has 0 radical (unpaired) electrons. The van der Waals surface area contributed by atoms with E-state index in [-0.39, 0.29) is 0 Å². The van der Waals surface area contributed by atoms with Gasteiger partial charge in [-0.05, 0) is 30.5 Å². The summed E-state index contributed by atoms with van der Waals surface area (Å²) in [6.07, 6.45) is 2.41. The van der Waals surface area contributed by atoms with Crippen LogP contribution in [0.1, 0.15) is 18.2 Å². The molecule has 1 heterocycles. The monoisotopic (exact) mass is 222 g/mol. The fourth-order valence-corrected chi connectivity index (χ4v) is 1.76. The van der Waals surface area contributed by atoms with E-state index in [1.165, 1.54) is 0 Å². The molecule has 0 amide bonds. The second kappa shape index (κ2) is 4.04. The molecule has 1 N–H and O–H groups in total. The van der Waals surface area contributed by atoms with Crippen LogP contribution in [0.25, 0.3) is 11.1 Å². The normalized spacial score (nSPS) is 10.8. The molecule has 0 aliphatic carbocycles. The molecule has 0 spiro atoms. The van der Waals surface area contributed by atoms with Crippen LogP contribution in [-0.2, 0) is 6.42 Å². The van der Waals surface area contributed by atoms with Crippen LogP contribution in [0.15, 0.2) is 18.3 Å². The molecule has 0 saturated heterocycles. The van der Waals surface area contributed by atoms with Crippen molar-refractivity contribution in [2.24, 2.45) is 0 Å². The summed E-state index contributed by atoms with van der Waals surface area (Å²) in [6.45, 7) is 3.55. The molecule has 1 aromatic carbocycles. The highest BCUT2D eigenvalue weighted by Crippen LogP contribution is 2.28. The maximum atomic E-state index is 13.4. The predicted molar refractivity (Wildman–Crippen MR) is 58.1 cm³/mol. The zero-order chi connectivity index (χ0) is 11.7. The predicted octanol–water partition coefficient (Wildman–Crippen LogP) is 3.23. The van der Waals surface area contributed by atoms with Crippen LogP contribution >= 0.6 is 0 Å². The van der Waals surface area contributed by atoms with Gasteiger partial charge in [-0.25, -0.2) is 8.78 Å². The van der Waals surface area contributed by atoms with Gasteiger partial charge in [-0.3, -0.25) is 5.10 Å². The Balaban J connectivity index is 2.61. The Labute approximate surface area is 92.3 Å². The number of H-pyrrole nitrogens is 1. The number of benzene rings is 1. The third-order valence-electron chi connectivity index (χ3n) is 2.70. The van der Waals surface area contributed by atoms with Crippen LogP contribution in [0.5, 0.6) is 0 Å². The van der Waals surface area contributed by atoms with Gasteiger partial charge >= 0.3 is 0 Å². The fraction of sp³-hybridized carbons (Fsp3) is 0.250. The molecule has 0 aliphatic heterocycles. The van der Waals surface area contributed by atoms with Crippen molar-refractivity contribution in [1.82, 2.24) is 10.2 Å². The summed E-state index contributed by atoms with van der Waals surface area (Å²) in [7, 11) is 0. The highest BCUT2D eigenvalue weighted by molar-refractivity contribution is 5.68. The highest BCUT2D eigenvalue weighted by Gasteiger charge is 2.14. The summed E-state index contributed by atoms with van der Waals surface area (Å²) in [5.41, 5.74) is 2.76. The van der Waals surface area contributed by atoms with Gasteiger partial charge in [0.1, 0.15) is 0 Å². The first-order valence-electron chi connectivity index (χ1n) is 5.12. The first-order chi connectivity index (χ1) is 7.65.